The third-order valence-electron chi connectivity index (χ3n) is 0. The van der Waals surface area contributed by atoms with Crippen LogP contribution in [0.2, 0.25) is 0 Å². The fourth-order valence-corrected chi connectivity index (χ4v) is 0. The summed E-state index contributed by atoms with van der Waals surface area (Å²) < 4.78 is 0. The molecule has 0 bridgehead atoms. The Morgan fingerprint density at radius 2 is 0.750 bits per heavy atom. The Bertz CT molecular complexity index is 6.00. The Balaban J connectivity index is 0. The van der Waals surface area contributed by atoms with Crippen LogP contribution < -0.4 is 0 Å². The van der Waals surface area contributed by atoms with Crippen LogP contribution in [-0.4, -0.2) is 108 Å². The molecular weight excluding hydrogens is 130 g/mol. The zero-order valence-electron chi connectivity index (χ0n) is 0.908. The van der Waals surface area contributed by atoms with Gasteiger partial charge in [0.05, 0.1) is 0 Å². The molecule has 0 aromatic carbocycles. The molecule has 0 aliphatic carbocycles. The number of halogens is 1. The van der Waals surface area contributed by atoms with Gasteiger partial charge in [0.1, 0.15) is 0 Å². The van der Waals surface area contributed by atoms with Gasteiger partial charge < -0.3 is 5.48 Å². The molecule has 4 heteroatoms. The van der Waals surface area contributed by atoms with E-state index in [1.54, 1.807) is 0 Å². The molecule has 4 heavy (non-hydrogen) atoms. The molecule has 0 atom stereocenters. The molecule has 20 valence electrons. The van der Waals surface area contributed by atoms with Crippen LogP contribution in [0.15, 0.2) is 0 Å². The predicted molar refractivity (Wildman–Crippen MR) is 25.2 cm³/mol. The summed E-state index contributed by atoms with van der Waals surface area (Å²) in [6.07, 6.45) is 0. The van der Waals surface area contributed by atoms with E-state index in [0.717, 1.165) is 0 Å². The Hall–Kier alpha value is 3.52. The molecule has 0 rings (SSSR count). The second-order valence-corrected chi connectivity index (χ2v) is 0. The summed E-state index contributed by atoms with van der Waals surface area (Å²) in [6.45, 7) is 0. The van der Waals surface area contributed by atoms with Crippen molar-refractivity contribution in [1.29, 1.82) is 0 Å². The van der Waals surface area contributed by atoms with Crippen molar-refractivity contribution < 1.29 is 5.48 Å². The maximum absolute atomic E-state index is 0. The molecule has 0 radical (unpaired) electrons. The second-order valence-electron chi connectivity index (χ2n) is 0. The minimum absolute atomic E-state index is 0. The van der Waals surface area contributed by atoms with Crippen molar-refractivity contribution in [2.45, 2.75) is 0 Å². The van der Waals surface area contributed by atoms with Crippen molar-refractivity contribution in [3.8, 4) is 0 Å². The van der Waals surface area contributed by atoms with E-state index in [4.69, 9.17) is 0 Å². The fraction of sp³-hybridized carbons (Fsp3) is 0. The summed E-state index contributed by atoms with van der Waals surface area (Å²) >= 11 is 0. The molecular formula is H5ClK2O. The summed E-state index contributed by atoms with van der Waals surface area (Å²) in [5.41, 5.74) is 0. The van der Waals surface area contributed by atoms with E-state index in [1.807, 2.05) is 0 Å². The van der Waals surface area contributed by atoms with E-state index >= 15 is 0 Å². The van der Waals surface area contributed by atoms with E-state index < -0.39 is 0 Å². The molecule has 0 saturated heterocycles. The van der Waals surface area contributed by atoms with Crippen LogP contribution in [0.25, 0.3) is 0 Å². The van der Waals surface area contributed by atoms with Crippen molar-refractivity contribution >= 4 is 115 Å². The topological polar surface area (TPSA) is 31.5 Å². The third-order valence-corrected chi connectivity index (χ3v) is 0. The van der Waals surface area contributed by atoms with Crippen LogP contribution in [0, 0.1) is 0 Å². The van der Waals surface area contributed by atoms with Gasteiger partial charge in [0.25, 0.3) is 0 Å². The standard InChI is InChI=1S/ClH.2K.H2O.2H/h1H;;;1H2;;. The Morgan fingerprint density at radius 3 is 0.750 bits per heavy atom. The van der Waals surface area contributed by atoms with Crippen molar-refractivity contribution in [3.63, 3.8) is 0 Å². The summed E-state index contributed by atoms with van der Waals surface area (Å²) in [4.78, 5) is 0. The van der Waals surface area contributed by atoms with Gasteiger partial charge in [-0.05, 0) is 0 Å². The van der Waals surface area contributed by atoms with Crippen molar-refractivity contribution in [3.05, 3.63) is 0 Å². The predicted octanol–water partition coefficient (Wildman–Crippen LogP) is -1.70. The van der Waals surface area contributed by atoms with Gasteiger partial charge in [-0.25, -0.2) is 0 Å². The SMILES string of the molecule is Cl.O.[KH].[KH]. The summed E-state index contributed by atoms with van der Waals surface area (Å²) in [6, 6.07) is 0. The number of rotatable bonds is 0. The van der Waals surface area contributed by atoms with Gasteiger partial charge in [-0.3, -0.25) is 0 Å². The van der Waals surface area contributed by atoms with Gasteiger partial charge in [0.2, 0.25) is 0 Å². The van der Waals surface area contributed by atoms with Crippen molar-refractivity contribution in [2.75, 3.05) is 0 Å². The fourth-order valence-electron chi connectivity index (χ4n) is 0. The Labute approximate surface area is 117 Å². The first-order valence-corrected chi connectivity index (χ1v) is 0. The van der Waals surface area contributed by atoms with Gasteiger partial charge in [-0.1, -0.05) is 0 Å². The number of hydrogen-bond donors (Lipinski definition) is 0. The molecule has 0 heterocycles. The van der Waals surface area contributed by atoms with Gasteiger partial charge in [-0.15, -0.1) is 12.4 Å². The van der Waals surface area contributed by atoms with Gasteiger partial charge in [0.15, 0.2) is 0 Å². The van der Waals surface area contributed by atoms with Crippen molar-refractivity contribution in [2.24, 2.45) is 0 Å². The second kappa shape index (κ2) is 16.0. The first kappa shape index (κ1) is 25.8. The molecule has 0 unspecified atom stereocenters. The van der Waals surface area contributed by atoms with Crippen LogP contribution >= 0.6 is 12.4 Å². The molecule has 0 aliphatic rings. The number of hydrogen-bond acceptors (Lipinski definition) is 0. The van der Waals surface area contributed by atoms with E-state index in [9.17, 15) is 0 Å². The Kier molecular flexibility index (Phi) is 103. The molecule has 0 fully saturated rings. The normalized spacial score (nSPS) is 0. The monoisotopic (exact) mass is 134 g/mol. The van der Waals surface area contributed by atoms with Gasteiger partial charge in [0, 0.05) is 0 Å². The molecule has 0 aromatic heterocycles. The summed E-state index contributed by atoms with van der Waals surface area (Å²) in [5, 5.41) is 0. The van der Waals surface area contributed by atoms with E-state index in [1.165, 1.54) is 0 Å². The quantitative estimate of drug-likeness (QED) is 0.354. The first-order chi connectivity index (χ1) is 0. The molecule has 0 aromatic rings. The van der Waals surface area contributed by atoms with Gasteiger partial charge in [-0.2, -0.15) is 0 Å². The van der Waals surface area contributed by atoms with Gasteiger partial charge >= 0.3 is 103 Å². The van der Waals surface area contributed by atoms with Crippen LogP contribution in [0.5, 0.6) is 0 Å². The molecule has 0 spiro atoms. The molecule has 0 aliphatic heterocycles. The summed E-state index contributed by atoms with van der Waals surface area (Å²) in [7, 11) is 0. The molecule has 0 saturated carbocycles. The van der Waals surface area contributed by atoms with Crippen molar-refractivity contribution in [1.82, 2.24) is 0 Å². The van der Waals surface area contributed by atoms with Crippen LogP contribution in [0.4, 0.5) is 0 Å². The molecule has 1 nitrogen and oxygen atoms in total. The molecule has 0 amide bonds. The zero-order valence-corrected chi connectivity index (χ0v) is 1.72. The molecule has 2 N–H and O–H groups in total. The van der Waals surface area contributed by atoms with E-state index in [-0.39, 0.29) is 121 Å². The maximum atomic E-state index is 0. The van der Waals surface area contributed by atoms with Crippen LogP contribution in [-0.2, 0) is 0 Å². The van der Waals surface area contributed by atoms with Crippen LogP contribution in [0.3, 0.4) is 0 Å². The Morgan fingerprint density at radius 1 is 0.750 bits per heavy atom. The third kappa shape index (κ3) is 9.10. The average molecular weight is 135 g/mol. The van der Waals surface area contributed by atoms with Crippen LogP contribution in [0.1, 0.15) is 0 Å². The average Bonchev–Trinajstić information content (AvgIpc) is 0. The van der Waals surface area contributed by atoms with E-state index in [2.05, 4.69) is 0 Å². The zero-order chi connectivity index (χ0) is 0. The summed E-state index contributed by atoms with van der Waals surface area (Å²) in [5.74, 6) is 0. The first-order valence-electron chi connectivity index (χ1n) is 0. The van der Waals surface area contributed by atoms with E-state index in [0.29, 0.717) is 0 Å². The minimum atomic E-state index is 0.